The molecular weight excluding hydrogens is 188 g/mol. The first-order valence-corrected chi connectivity index (χ1v) is 4.99. The fraction of sp³-hybridized carbons (Fsp3) is 0.273. The van der Waals surface area contributed by atoms with Crippen LogP contribution in [0, 0.1) is 6.92 Å². The van der Waals surface area contributed by atoms with Crippen LogP contribution in [-0.4, -0.2) is 14.8 Å². The van der Waals surface area contributed by atoms with Gasteiger partial charge in [-0.1, -0.05) is 13.8 Å². The topological polar surface area (TPSA) is 56.7 Å². The first-order chi connectivity index (χ1) is 7.27. The largest absolute Gasteiger partial charge is 0.397 e. The van der Waals surface area contributed by atoms with Crippen LogP contribution in [0.15, 0.2) is 30.7 Å². The molecule has 2 aromatic heterocycles. The summed E-state index contributed by atoms with van der Waals surface area (Å²) in [5.74, 6) is 0.819. The van der Waals surface area contributed by atoms with E-state index in [-0.39, 0.29) is 0 Å². The summed E-state index contributed by atoms with van der Waals surface area (Å²) in [5, 5.41) is 4.09. The summed E-state index contributed by atoms with van der Waals surface area (Å²) in [6.07, 6.45) is 5.20. The van der Waals surface area contributed by atoms with Crippen molar-refractivity contribution in [2.45, 2.75) is 20.8 Å². The quantitative estimate of drug-likeness (QED) is 0.774. The molecule has 4 nitrogen and oxygen atoms in total. The standard InChI is InChI=1S/C9H10N4.C2H6/c1-7-5-8(10)6-11-9(7)13-4-2-3-12-13;1-2/h2-6H,10H2,1H3;1-2H3. The van der Waals surface area contributed by atoms with Gasteiger partial charge in [0.2, 0.25) is 0 Å². The summed E-state index contributed by atoms with van der Waals surface area (Å²) < 4.78 is 1.72. The molecule has 0 aliphatic rings. The van der Waals surface area contributed by atoms with Crippen molar-refractivity contribution in [1.29, 1.82) is 0 Å². The van der Waals surface area contributed by atoms with Crippen molar-refractivity contribution < 1.29 is 0 Å². The third-order valence-corrected chi connectivity index (χ3v) is 1.79. The van der Waals surface area contributed by atoms with Crippen LogP contribution in [0.4, 0.5) is 5.69 Å². The molecule has 0 fully saturated rings. The van der Waals surface area contributed by atoms with Crippen molar-refractivity contribution in [2.75, 3.05) is 5.73 Å². The minimum Gasteiger partial charge on any atom is -0.397 e. The zero-order valence-electron chi connectivity index (χ0n) is 9.31. The second-order valence-corrected chi connectivity index (χ2v) is 2.86. The smallest absolute Gasteiger partial charge is 0.156 e. The summed E-state index contributed by atoms with van der Waals surface area (Å²) in [6.45, 7) is 5.96. The number of nitrogens with zero attached hydrogens (tertiary/aromatic N) is 3. The van der Waals surface area contributed by atoms with Gasteiger partial charge in [0.05, 0.1) is 11.9 Å². The Hall–Kier alpha value is -1.84. The zero-order valence-corrected chi connectivity index (χ0v) is 9.31. The fourth-order valence-electron chi connectivity index (χ4n) is 1.22. The molecule has 0 radical (unpaired) electrons. The lowest BCUT2D eigenvalue weighted by molar-refractivity contribution is 0.838. The van der Waals surface area contributed by atoms with E-state index in [0.717, 1.165) is 11.4 Å². The van der Waals surface area contributed by atoms with Crippen LogP contribution >= 0.6 is 0 Å². The van der Waals surface area contributed by atoms with Crippen LogP contribution in [0.3, 0.4) is 0 Å². The van der Waals surface area contributed by atoms with Crippen molar-refractivity contribution >= 4 is 5.69 Å². The van der Waals surface area contributed by atoms with Crippen LogP contribution in [0.5, 0.6) is 0 Å². The number of rotatable bonds is 1. The number of hydrogen-bond donors (Lipinski definition) is 1. The van der Waals surface area contributed by atoms with Gasteiger partial charge >= 0.3 is 0 Å². The predicted molar refractivity (Wildman–Crippen MR) is 61.9 cm³/mol. The number of aromatic nitrogens is 3. The van der Waals surface area contributed by atoms with E-state index in [0.29, 0.717) is 5.69 Å². The summed E-state index contributed by atoms with van der Waals surface area (Å²) in [6, 6.07) is 3.74. The van der Waals surface area contributed by atoms with Gasteiger partial charge < -0.3 is 5.73 Å². The van der Waals surface area contributed by atoms with Crippen molar-refractivity contribution in [3.05, 3.63) is 36.3 Å². The van der Waals surface area contributed by atoms with Gasteiger partial charge in [-0.3, -0.25) is 0 Å². The Labute approximate surface area is 89.8 Å². The number of nitrogens with two attached hydrogens (primary N) is 1. The number of hydrogen-bond acceptors (Lipinski definition) is 3. The molecular formula is C11H16N4. The Bertz CT molecular complexity index is 407. The second kappa shape index (κ2) is 5.14. The van der Waals surface area contributed by atoms with Crippen molar-refractivity contribution in [1.82, 2.24) is 14.8 Å². The van der Waals surface area contributed by atoms with Gasteiger partial charge in [0.1, 0.15) is 0 Å². The Morgan fingerprint density at radius 3 is 2.60 bits per heavy atom. The highest BCUT2D eigenvalue weighted by Gasteiger charge is 2.01. The Morgan fingerprint density at radius 2 is 2.07 bits per heavy atom. The average molecular weight is 204 g/mol. The van der Waals surface area contributed by atoms with E-state index in [1.165, 1.54) is 0 Å². The van der Waals surface area contributed by atoms with E-state index in [2.05, 4.69) is 10.1 Å². The number of aryl methyl sites for hydroxylation is 1. The molecule has 4 heteroatoms. The predicted octanol–water partition coefficient (Wildman–Crippen LogP) is 2.18. The van der Waals surface area contributed by atoms with Gasteiger partial charge in [0.15, 0.2) is 5.82 Å². The van der Waals surface area contributed by atoms with Crippen molar-refractivity contribution in [3.8, 4) is 5.82 Å². The highest BCUT2D eigenvalue weighted by molar-refractivity contribution is 5.44. The molecule has 2 N–H and O–H groups in total. The lowest BCUT2D eigenvalue weighted by Gasteiger charge is -2.04. The summed E-state index contributed by atoms with van der Waals surface area (Å²) in [7, 11) is 0. The maximum absolute atomic E-state index is 5.59. The third kappa shape index (κ3) is 2.56. The van der Waals surface area contributed by atoms with Gasteiger partial charge in [-0.25, -0.2) is 9.67 Å². The van der Waals surface area contributed by atoms with Gasteiger partial charge in [-0.2, -0.15) is 5.10 Å². The SMILES string of the molecule is CC.Cc1cc(N)cnc1-n1cccn1. The third-order valence-electron chi connectivity index (χ3n) is 1.79. The number of nitrogen functional groups attached to an aromatic ring is 1. The van der Waals surface area contributed by atoms with E-state index < -0.39 is 0 Å². The van der Waals surface area contributed by atoms with E-state index in [1.807, 2.05) is 39.1 Å². The lowest BCUT2D eigenvalue weighted by atomic mass is 10.3. The average Bonchev–Trinajstić information content (AvgIpc) is 2.74. The molecule has 0 aliphatic carbocycles. The van der Waals surface area contributed by atoms with E-state index >= 15 is 0 Å². The monoisotopic (exact) mass is 204 g/mol. The minimum absolute atomic E-state index is 0.674. The maximum atomic E-state index is 5.59. The number of anilines is 1. The number of pyridine rings is 1. The maximum Gasteiger partial charge on any atom is 0.156 e. The van der Waals surface area contributed by atoms with E-state index in [4.69, 9.17) is 5.73 Å². The zero-order chi connectivity index (χ0) is 11.3. The van der Waals surface area contributed by atoms with Gasteiger partial charge in [-0.15, -0.1) is 0 Å². The van der Waals surface area contributed by atoms with Crippen LogP contribution in [-0.2, 0) is 0 Å². The normalized spacial score (nSPS) is 9.27. The summed E-state index contributed by atoms with van der Waals surface area (Å²) >= 11 is 0. The molecule has 0 saturated carbocycles. The second-order valence-electron chi connectivity index (χ2n) is 2.86. The molecule has 80 valence electrons. The lowest BCUT2D eigenvalue weighted by Crippen LogP contribution is -2.01. The van der Waals surface area contributed by atoms with Crippen LogP contribution in [0.2, 0.25) is 0 Å². The van der Waals surface area contributed by atoms with Gasteiger partial charge in [0, 0.05) is 12.4 Å². The van der Waals surface area contributed by atoms with Crippen LogP contribution < -0.4 is 5.73 Å². The molecule has 15 heavy (non-hydrogen) atoms. The molecule has 0 spiro atoms. The highest BCUT2D eigenvalue weighted by Crippen LogP contribution is 2.11. The molecule has 2 heterocycles. The Morgan fingerprint density at radius 1 is 1.33 bits per heavy atom. The molecule has 0 saturated heterocycles. The van der Waals surface area contributed by atoms with E-state index in [9.17, 15) is 0 Å². The Kier molecular flexibility index (Phi) is 3.85. The highest BCUT2D eigenvalue weighted by atomic mass is 15.3. The van der Waals surface area contributed by atoms with Crippen LogP contribution in [0.1, 0.15) is 19.4 Å². The molecule has 0 atom stereocenters. The molecule has 2 rings (SSSR count). The minimum atomic E-state index is 0.674. The summed E-state index contributed by atoms with van der Waals surface area (Å²) in [5.41, 5.74) is 7.28. The van der Waals surface area contributed by atoms with Gasteiger partial charge in [0.25, 0.3) is 0 Å². The first-order valence-electron chi connectivity index (χ1n) is 4.99. The van der Waals surface area contributed by atoms with Crippen molar-refractivity contribution in [2.24, 2.45) is 0 Å². The molecule has 0 aromatic carbocycles. The van der Waals surface area contributed by atoms with Gasteiger partial charge in [-0.05, 0) is 24.6 Å². The summed E-state index contributed by atoms with van der Waals surface area (Å²) in [4.78, 5) is 4.20. The van der Waals surface area contributed by atoms with Crippen molar-refractivity contribution in [3.63, 3.8) is 0 Å². The molecule has 0 amide bonds. The fourth-order valence-corrected chi connectivity index (χ4v) is 1.22. The van der Waals surface area contributed by atoms with Crippen LogP contribution in [0.25, 0.3) is 5.82 Å². The molecule has 0 bridgehead atoms. The first kappa shape index (κ1) is 11.2. The Balaban J connectivity index is 0.000000531. The molecule has 0 aliphatic heterocycles. The molecule has 2 aromatic rings. The molecule has 0 unspecified atom stereocenters. The van der Waals surface area contributed by atoms with E-state index in [1.54, 1.807) is 17.1 Å².